The molecule has 5 aromatic carbocycles. The van der Waals surface area contributed by atoms with Gasteiger partial charge in [0.05, 0.1) is 23.3 Å². The smallest absolute Gasteiger partial charge is 0.262 e. The molecule has 6 rings (SSSR count). The maximum Gasteiger partial charge on any atom is 0.262 e. The molecule has 0 N–H and O–H groups in total. The number of hydrogen-bond donors (Lipinski definition) is 0. The first-order valence-electron chi connectivity index (χ1n) is 13.2. The Balaban J connectivity index is 1.38. The fourth-order valence-corrected chi connectivity index (χ4v) is 9.90. The molecule has 1 heterocycles. The van der Waals surface area contributed by atoms with Gasteiger partial charge in [0.1, 0.15) is 23.2 Å². The highest BCUT2D eigenvalue weighted by Gasteiger charge is 2.45. The molecule has 5 aromatic rings. The molecule has 0 spiro atoms. The standard InChI is InChI=1S/C35H29NO2P/c1-26(36-34(37)32-19-11-12-20-33(32)35(36)38)28-23-21-27(22-24-28)25-39(29-13-5-2-6-14-29,30-15-7-3-8-16-30)31-17-9-4-10-18-31/h2-24,26H,25H2,1H3/q+1. The van der Waals surface area contributed by atoms with E-state index < -0.39 is 7.26 Å². The van der Waals surface area contributed by atoms with Gasteiger partial charge in [0, 0.05) is 0 Å². The molecule has 0 radical (unpaired) electrons. The Labute approximate surface area is 230 Å². The summed E-state index contributed by atoms with van der Waals surface area (Å²) < 4.78 is 0. The molecule has 4 heteroatoms. The maximum atomic E-state index is 13.1. The molecule has 1 aliphatic heterocycles. The van der Waals surface area contributed by atoms with Crippen molar-refractivity contribution in [2.45, 2.75) is 19.1 Å². The second kappa shape index (κ2) is 10.4. The van der Waals surface area contributed by atoms with Crippen LogP contribution in [0.3, 0.4) is 0 Å². The summed E-state index contributed by atoms with van der Waals surface area (Å²) >= 11 is 0. The molecular formula is C35H29NO2P+. The summed E-state index contributed by atoms with van der Waals surface area (Å²) in [6, 6.07) is 47.7. The van der Waals surface area contributed by atoms with Gasteiger partial charge in [0.25, 0.3) is 11.8 Å². The number of rotatable bonds is 7. The van der Waals surface area contributed by atoms with Crippen LogP contribution in [0.2, 0.25) is 0 Å². The SMILES string of the molecule is CC(c1ccc(C[P+](c2ccccc2)(c2ccccc2)c2ccccc2)cc1)N1C(=O)c2ccccc2C1=O. The summed E-state index contributed by atoms with van der Waals surface area (Å²) in [6.45, 7) is 1.92. The topological polar surface area (TPSA) is 37.4 Å². The number of carbonyl (C=O) groups is 2. The third-order valence-corrected chi connectivity index (χ3v) is 12.1. The lowest BCUT2D eigenvalue weighted by molar-refractivity contribution is 0.0595. The number of amides is 2. The van der Waals surface area contributed by atoms with Crippen molar-refractivity contribution in [3.63, 3.8) is 0 Å². The summed E-state index contributed by atoms with van der Waals surface area (Å²) in [5.74, 6) is -0.455. The van der Waals surface area contributed by atoms with Crippen molar-refractivity contribution >= 4 is 35.0 Å². The van der Waals surface area contributed by atoms with E-state index in [1.165, 1.54) is 26.4 Å². The molecule has 1 unspecified atom stereocenters. The molecule has 3 nitrogen and oxygen atoms in total. The molecule has 190 valence electrons. The van der Waals surface area contributed by atoms with Crippen LogP contribution in [0.1, 0.15) is 44.8 Å². The van der Waals surface area contributed by atoms with Crippen LogP contribution in [0.15, 0.2) is 140 Å². The van der Waals surface area contributed by atoms with E-state index in [4.69, 9.17) is 0 Å². The molecule has 2 amide bonds. The molecule has 0 aromatic heterocycles. The molecule has 0 saturated carbocycles. The number of benzene rings is 5. The van der Waals surface area contributed by atoms with Crippen LogP contribution >= 0.6 is 7.26 Å². The van der Waals surface area contributed by atoms with Gasteiger partial charge in [-0.1, -0.05) is 91.0 Å². The quantitative estimate of drug-likeness (QED) is 0.178. The van der Waals surface area contributed by atoms with Crippen LogP contribution in [0.4, 0.5) is 0 Å². The van der Waals surface area contributed by atoms with E-state index in [-0.39, 0.29) is 17.9 Å². The number of fused-ring (bicyclic) bond motifs is 1. The lowest BCUT2D eigenvalue weighted by atomic mass is 10.1. The number of imide groups is 1. The van der Waals surface area contributed by atoms with Gasteiger partial charge in [0.2, 0.25) is 0 Å². The Morgan fingerprint density at radius 1 is 0.538 bits per heavy atom. The molecule has 0 fully saturated rings. The van der Waals surface area contributed by atoms with Crippen LogP contribution in [-0.2, 0) is 6.16 Å². The normalized spacial score (nSPS) is 13.8. The Morgan fingerprint density at radius 2 is 0.923 bits per heavy atom. The first kappa shape index (κ1) is 25.0. The van der Waals surface area contributed by atoms with E-state index in [2.05, 4.69) is 115 Å². The molecule has 39 heavy (non-hydrogen) atoms. The average molecular weight is 527 g/mol. The second-order valence-electron chi connectivity index (χ2n) is 9.92. The van der Waals surface area contributed by atoms with Crippen molar-refractivity contribution in [2.75, 3.05) is 0 Å². The lowest BCUT2D eigenvalue weighted by Crippen LogP contribution is -2.33. The van der Waals surface area contributed by atoms with Crippen molar-refractivity contribution in [2.24, 2.45) is 0 Å². The Kier molecular flexibility index (Phi) is 6.69. The highest BCUT2D eigenvalue weighted by molar-refractivity contribution is 7.95. The zero-order chi connectivity index (χ0) is 26.8. The van der Waals surface area contributed by atoms with Gasteiger partial charge in [-0.2, -0.15) is 0 Å². The fraction of sp³-hybridized carbons (Fsp3) is 0.0857. The van der Waals surface area contributed by atoms with E-state index in [9.17, 15) is 9.59 Å². The van der Waals surface area contributed by atoms with Gasteiger partial charge in [-0.3, -0.25) is 14.5 Å². The van der Waals surface area contributed by atoms with E-state index in [1.807, 2.05) is 6.92 Å². The van der Waals surface area contributed by atoms with Crippen LogP contribution in [0.25, 0.3) is 0 Å². The van der Waals surface area contributed by atoms with Crippen LogP contribution < -0.4 is 15.9 Å². The zero-order valence-electron chi connectivity index (χ0n) is 21.8. The fourth-order valence-electron chi connectivity index (χ4n) is 5.65. The minimum atomic E-state index is -2.01. The minimum Gasteiger partial charge on any atom is -0.269 e. The third-order valence-electron chi connectivity index (χ3n) is 7.69. The Morgan fingerprint density at radius 3 is 1.33 bits per heavy atom. The average Bonchev–Trinajstić information content (AvgIpc) is 3.26. The summed E-state index contributed by atoms with van der Waals surface area (Å²) in [6.07, 6.45) is 0.868. The lowest BCUT2D eigenvalue weighted by Gasteiger charge is -2.28. The van der Waals surface area contributed by atoms with Gasteiger partial charge >= 0.3 is 0 Å². The van der Waals surface area contributed by atoms with E-state index >= 15 is 0 Å². The third kappa shape index (κ3) is 4.39. The van der Waals surface area contributed by atoms with Gasteiger partial charge in [0.15, 0.2) is 0 Å². The highest BCUT2D eigenvalue weighted by atomic mass is 31.2. The molecule has 0 saturated heterocycles. The zero-order valence-corrected chi connectivity index (χ0v) is 22.7. The number of hydrogen-bond acceptors (Lipinski definition) is 2. The maximum absolute atomic E-state index is 13.1. The number of nitrogens with zero attached hydrogens (tertiary/aromatic N) is 1. The van der Waals surface area contributed by atoms with Gasteiger partial charge < -0.3 is 0 Å². The van der Waals surface area contributed by atoms with E-state index in [0.29, 0.717) is 11.1 Å². The first-order valence-corrected chi connectivity index (χ1v) is 15.2. The molecule has 0 bridgehead atoms. The second-order valence-corrected chi connectivity index (χ2v) is 13.4. The monoisotopic (exact) mass is 526 g/mol. The summed E-state index contributed by atoms with van der Waals surface area (Å²) in [4.78, 5) is 27.5. The van der Waals surface area contributed by atoms with Crippen LogP contribution in [0, 0.1) is 0 Å². The van der Waals surface area contributed by atoms with Crippen molar-refractivity contribution in [3.05, 3.63) is 162 Å². The summed E-state index contributed by atoms with van der Waals surface area (Å²) in [7, 11) is -2.01. The van der Waals surface area contributed by atoms with Crippen molar-refractivity contribution in [1.29, 1.82) is 0 Å². The van der Waals surface area contributed by atoms with Gasteiger partial charge in [-0.05, 0) is 66.6 Å². The Bertz CT molecular complexity index is 1480. The van der Waals surface area contributed by atoms with E-state index in [1.54, 1.807) is 24.3 Å². The summed E-state index contributed by atoms with van der Waals surface area (Å²) in [5, 5.41) is 4.02. The minimum absolute atomic E-state index is 0.227. The molecule has 1 aliphatic rings. The predicted molar refractivity (Wildman–Crippen MR) is 161 cm³/mol. The van der Waals surface area contributed by atoms with E-state index in [0.717, 1.165) is 11.7 Å². The molecule has 0 aliphatic carbocycles. The Hall–Kier alpha value is -4.33. The predicted octanol–water partition coefficient (Wildman–Crippen LogP) is 6.54. The van der Waals surface area contributed by atoms with Gasteiger partial charge in [-0.15, -0.1) is 0 Å². The van der Waals surface area contributed by atoms with Gasteiger partial charge in [-0.25, -0.2) is 0 Å². The van der Waals surface area contributed by atoms with Crippen molar-refractivity contribution < 1.29 is 9.59 Å². The molecular weight excluding hydrogens is 497 g/mol. The van der Waals surface area contributed by atoms with Crippen LogP contribution in [0.5, 0.6) is 0 Å². The summed E-state index contributed by atoms with van der Waals surface area (Å²) in [5.41, 5.74) is 3.12. The first-order chi connectivity index (χ1) is 19.1. The van der Waals surface area contributed by atoms with Crippen LogP contribution in [-0.4, -0.2) is 16.7 Å². The van der Waals surface area contributed by atoms with Crippen molar-refractivity contribution in [1.82, 2.24) is 4.90 Å². The number of carbonyl (C=O) groups excluding carboxylic acids is 2. The molecule has 1 atom stereocenters. The largest absolute Gasteiger partial charge is 0.269 e. The highest BCUT2D eigenvalue weighted by Crippen LogP contribution is 2.58. The van der Waals surface area contributed by atoms with Crippen molar-refractivity contribution in [3.8, 4) is 0 Å².